The van der Waals surface area contributed by atoms with Gasteiger partial charge in [0.15, 0.2) is 0 Å². The highest BCUT2D eigenvalue weighted by Gasteiger charge is 2.49. The summed E-state index contributed by atoms with van der Waals surface area (Å²) in [6.07, 6.45) is 1.17. The molecule has 0 aromatic rings. The highest BCUT2D eigenvalue weighted by Crippen LogP contribution is 2.42. The Morgan fingerprint density at radius 2 is 2.21 bits per heavy atom. The van der Waals surface area contributed by atoms with Crippen molar-refractivity contribution < 1.29 is 9.53 Å². The second-order valence-electron chi connectivity index (χ2n) is 4.46. The Morgan fingerprint density at radius 3 is 2.57 bits per heavy atom. The van der Waals surface area contributed by atoms with E-state index in [1.165, 1.54) is 0 Å². The molecule has 0 saturated heterocycles. The van der Waals surface area contributed by atoms with E-state index in [0.717, 1.165) is 6.42 Å². The molecule has 1 fully saturated rings. The molecule has 1 N–H and O–H groups in total. The number of carbonyl (C=O) groups is 1. The fraction of sp³-hybridized carbons (Fsp3) is 0.900. The summed E-state index contributed by atoms with van der Waals surface area (Å²) in [5, 5.41) is 3.00. The summed E-state index contributed by atoms with van der Waals surface area (Å²) in [7, 11) is 1.72. The van der Waals surface area contributed by atoms with Gasteiger partial charge in [0.05, 0.1) is 10.9 Å². The van der Waals surface area contributed by atoms with Gasteiger partial charge in [-0.2, -0.15) is 0 Å². The van der Waals surface area contributed by atoms with Crippen LogP contribution in [0, 0.1) is 5.41 Å². The van der Waals surface area contributed by atoms with Gasteiger partial charge in [-0.05, 0) is 13.3 Å². The molecular weight excluding hydrogens is 246 g/mol. The molecule has 1 amide bonds. The van der Waals surface area contributed by atoms with E-state index in [9.17, 15) is 4.79 Å². The number of amides is 1. The van der Waals surface area contributed by atoms with Crippen molar-refractivity contribution in [3.8, 4) is 0 Å². The number of hydrogen-bond donors (Lipinski definition) is 1. The van der Waals surface area contributed by atoms with Crippen molar-refractivity contribution in [2.75, 3.05) is 7.11 Å². The van der Waals surface area contributed by atoms with Crippen LogP contribution in [0.1, 0.15) is 27.2 Å². The summed E-state index contributed by atoms with van der Waals surface area (Å²) in [6.45, 7) is 6.07. The summed E-state index contributed by atoms with van der Waals surface area (Å²) in [5.41, 5.74) is 0.0479. The minimum absolute atomic E-state index is 0.0479. The molecule has 14 heavy (non-hydrogen) atoms. The second-order valence-corrected chi connectivity index (χ2v) is 5.83. The van der Waals surface area contributed by atoms with Crippen LogP contribution in [0.4, 0.5) is 0 Å². The van der Waals surface area contributed by atoms with E-state index in [1.54, 1.807) is 7.11 Å². The van der Waals surface area contributed by atoms with Gasteiger partial charge in [-0.1, -0.05) is 29.8 Å². The number of alkyl halides is 1. The van der Waals surface area contributed by atoms with Gasteiger partial charge in [0, 0.05) is 18.6 Å². The normalized spacial score (nSPS) is 31.8. The monoisotopic (exact) mass is 263 g/mol. The molecule has 1 aliphatic rings. The van der Waals surface area contributed by atoms with E-state index >= 15 is 0 Å². The Kier molecular flexibility index (Phi) is 3.58. The van der Waals surface area contributed by atoms with Crippen molar-refractivity contribution in [1.82, 2.24) is 5.32 Å². The first-order chi connectivity index (χ1) is 6.39. The topological polar surface area (TPSA) is 38.3 Å². The van der Waals surface area contributed by atoms with Crippen LogP contribution in [0.3, 0.4) is 0 Å². The molecular formula is C10H18BrNO2. The zero-order valence-electron chi connectivity index (χ0n) is 9.13. The first-order valence-corrected chi connectivity index (χ1v) is 5.78. The predicted molar refractivity (Wildman–Crippen MR) is 59.5 cm³/mol. The van der Waals surface area contributed by atoms with Crippen LogP contribution < -0.4 is 5.32 Å². The van der Waals surface area contributed by atoms with Crippen LogP contribution in [0.15, 0.2) is 0 Å². The molecule has 3 nitrogen and oxygen atoms in total. The van der Waals surface area contributed by atoms with Crippen molar-refractivity contribution in [2.45, 2.75) is 44.2 Å². The molecule has 0 heterocycles. The Balaban J connectivity index is 2.47. The van der Waals surface area contributed by atoms with Crippen LogP contribution in [0.25, 0.3) is 0 Å². The molecule has 0 spiro atoms. The standard InChI is InChI=1S/C10H18BrNO2/c1-6(11)9(13)12-7-5-8(14-4)10(7,2)3/h6-8H,5H2,1-4H3,(H,12,13). The molecule has 3 unspecified atom stereocenters. The molecule has 4 heteroatoms. The van der Waals surface area contributed by atoms with Gasteiger partial charge in [0.2, 0.25) is 5.91 Å². The van der Waals surface area contributed by atoms with Crippen molar-refractivity contribution in [2.24, 2.45) is 5.41 Å². The van der Waals surface area contributed by atoms with Gasteiger partial charge in [0.25, 0.3) is 0 Å². The van der Waals surface area contributed by atoms with Crippen LogP contribution in [-0.2, 0) is 9.53 Å². The number of rotatable bonds is 3. The van der Waals surface area contributed by atoms with Gasteiger partial charge in [-0.25, -0.2) is 0 Å². The molecule has 0 aliphatic heterocycles. The summed E-state index contributed by atoms with van der Waals surface area (Å²) in [5.74, 6) is 0.0534. The average molecular weight is 264 g/mol. The molecule has 0 radical (unpaired) electrons. The number of carbonyl (C=O) groups excluding carboxylic acids is 1. The van der Waals surface area contributed by atoms with Gasteiger partial charge < -0.3 is 10.1 Å². The van der Waals surface area contributed by atoms with Gasteiger partial charge in [-0.3, -0.25) is 4.79 Å². The van der Waals surface area contributed by atoms with E-state index < -0.39 is 0 Å². The third-order valence-electron chi connectivity index (χ3n) is 3.14. The zero-order chi connectivity index (χ0) is 10.9. The van der Waals surface area contributed by atoms with E-state index in [-0.39, 0.29) is 28.3 Å². The molecule has 0 bridgehead atoms. The second kappa shape index (κ2) is 4.19. The van der Waals surface area contributed by atoms with Crippen molar-refractivity contribution >= 4 is 21.8 Å². The summed E-state index contributed by atoms with van der Waals surface area (Å²) in [4.78, 5) is 11.3. The number of halogens is 1. The number of hydrogen-bond acceptors (Lipinski definition) is 2. The molecule has 0 aromatic carbocycles. The molecule has 0 aromatic heterocycles. The lowest BCUT2D eigenvalue weighted by Crippen LogP contribution is -2.62. The molecule has 1 aliphatic carbocycles. The molecule has 1 saturated carbocycles. The Hall–Kier alpha value is -0.0900. The Labute approximate surface area is 93.7 Å². The van der Waals surface area contributed by atoms with E-state index in [2.05, 4.69) is 35.1 Å². The SMILES string of the molecule is COC1CC(NC(=O)C(C)Br)C1(C)C. The molecule has 82 valence electrons. The van der Waals surface area contributed by atoms with E-state index in [0.29, 0.717) is 0 Å². The first kappa shape index (κ1) is 12.0. The molecule has 3 atom stereocenters. The lowest BCUT2D eigenvalue weighted by atomic mass is 9.64. The van der Waals surface area contributed by atoms with E-state index in [4.69, 9.17) is 4.74 Å². The van der Waals surface area contributed by atoms with Gasteiger partial charge >= 0.3 is 0 Å². The minimum Gasteiger partial charge on any atom is -0.381 e. The fourth-order valence-electron chi connectivity index (χ4n) is 1.82. The smallest absolute Gasteiger partial charge is 0.233 e. The number of methoxy groups -OCH3 is 1. The van der Waals surface area contributed by atoms with Crippen LogP contribution in [-0.4, -0.2) is 30.0 Å². The summed E-state index contributed by atoms with van der Waals surface area (Å²) in [6, 6.07) is 0.236. The van der Waals surface area contributed by atoms with Crippen molar-refractivity contribution in [3.05, 3.63) is 0 Å². The van der Waals surface area contributed by atoms with Gasteiger partial charge in [0.1, 0.15) is 0 Å². The Bertz CT molecular complexity index is 228. The third-order valence-corrected chi connectivity index (χ3v) is 3.56. The predicted octanol–water partition coefficient (Wildman–Crippen LogP) is 1.70. The molecule has 1 rings (SSSR count). The number of ether oxygens (including phenoxy) is 1. The lowest BCUT2D eigenvalue weighted by Gasteiger charge is -2.51. The first-order valence-electron chi connectivity index (χ1n) is 4.86. The largest absolute Gasteiger partial charge is 0.381 e. The third kappa shape index (κ3) is 2.11. The van der Waals surface area contributed by atoms with E-state index in [1.807, 2.05) is 6.92 Å². The van der Waals surface area contributed by atoms with Gasteiger partial charge in [-0.15, -0.1) is 0 Å². The maximum Gasteiger partial charge on any atom is 0.233 e. The number of nitrogens with one attached hydrogen (secondary N) is 1. The minimum atomic E-state index is -0.125. The maximum absolute atomic E-state index is 11.4. The highest BCUT2D eigenvalue weighted by atomic mass is 79.9. The van der Waals surface area contributed by atoms with Crippen molar-refractivity contribution in [3.63, 3.8) is 0 Å². The lowest BCUT2D eigenvalue weighted by molar-refractivity contribution is -0.131. The summed E-state index contributed by atoms with van der Waals surface area (Å²) < 4.78 is 5.31. The zero-order valence-corrected chi connectivity index (χ0v) is 10.7. The Morgan fingerprint density at radius 1 is 1.64 bits per heavy atom. The van der Waals surface area contributed by atoms with Crippen LogP contribution in [0.5, 0.6) is 0 Å². The fourth-order valence-corrected chi connectivity index (χ4v) is 1.95. The highest BCUT2D eigenvalue weighted by molar-refractivity contribution is 9.10. The van der Waals surface area contributed by atoms with Crippen LogP contribution >= 0.6 is 15.9 Å². The quantitative estimate of drug-likeness (QED) is 0.788. The van der Waals surface area contributed by atoms with Crippen molar-refractivity contribution in [1.29, 1.82) is 0 Å². The summed E-state index contributed by atoms with van der Waals surface area (Å²) >= 11 is 3.25. The average Bonchev–Trinajstić information content (AvgIpc) is 2.10. The van der Waals surface area contributed by atoms with Crippen LogP contribution in [0.2, 0.25) is 0 Å². The maximum atomic E-state index is 11.4.